The van der Waals surface area contributed by atoms with Crippen LogP contribution in [0.3, 0.4) is 0 Å². The number of ether oxygens (including phenoxy) is 3. The Morgan fingerprint density at radius 3 is 2.50 bits per heavy atom. The van der Waals surface area contributed by atoms with Gasteiger partial charge in [-0.1, -0.05) is 36.4 Å². The molecule has 1 amide bonds. The van der Waals surface area contributed by atoms with Crippen LogP contribution in [0.1, 0.15) is 29.7 Å². The number of aromatic hydroxyl groups is 1. The molecule has 1 fully saturated rings. The van der Waals surface area contributed by atoms with Gasteiger partial charge >= 0.3 is 0 Å². The van der Waals surface area contributed by atoms with Gasteiger partial charge in [0.2, 0.25) is 0 Å². The predicted octanol–water partition coefficient (Wildman–Crippen LogP) is 4.18. The summed E-state index contributed by atoms with van der Waals surface area (Å²) in [5, 5.41) is 21.6. The zero-order chi connectivity index (χ0) is 25.2. The predicted molar refractivity (Wildman–Crippen MR) is 131 cm³/mol. The van der Waals surface area contributed by atoms with Gasteiger partial charge in [-0.25, -0.2) is 0 Å². The first-order valence-corrected chi connectivity index (χ1v) is 11.7. The molecule has 2 aliphatic rings. The number of nitrogens with zero attached hydrogens (tertiary/aromatic N) is 1. The lowest BCUT2D eigenvalue weighted by Crippen LogP contribution is -2.29. The van der Waals surface area contributed by atoms with E-state index in [4.69, 9.17) is 14.2 Å². The van der Waals surface area contributed by atoms with E-state index in [1.54, 1.807) is 37.3 Å². The van der Waals surface area contributed by atoms with Gasteiger partial charge in [0, 0.05) is 12.1 Å². The molecule has 3 aromatic rings. The van der Waals surface area contributed by atoms with Crippen molar-refractivity contribution in [2.45, 2.75) is 19.5 Å². The van der Waals surface area contributed by atoms with Crippen molar-refractivity contribution < 1.29 is 34.0 Å². The van der Waals surface area contributed by atoms with Crippen LogP contribution in [0.4, 0.5) is 0 Å². The summed E-state index contributed by atoms with van der Waals surface area (Å²) in [4.78, 5) is 28.0. The number of phenols is 1. The molecule has 0 saturated carbocycles. The fourth-order valence-corrected chi connectivity index (χ4v) is 4.49. The lowest BCUT2D eigenvalue weighted by atomic mass is 9.94. The molecule has 5 rings (SSSR count). The Labute approximate surface area is 208 Å². The minimum absolute atomic E-state index is 0.0549. The molecule has 8 heteroatoms. The monoisotopic (exact) mass is 487 g/mol. The number of carbonyl (C=O) groups excluding carboxylic acids is 2. The number of amides is 1. The SMILES string of the molecule is CCOc1cc(C2/C(=C(/O)c3ccc4c(c3)OCCO4)C(=O)C(=O)N2Cc2ccccc2)ccc1O. The van der Waals surface area contributed by atoms with E-state index in [-0.39, 0.29) is 29.4 Å². The number of benzene rings is 3. The number of likely N-dealkylation sites (tertiary alicyclic amines) is 1. The average Bonchev–Trinajstić information content (AvgIpc) is 3.15. The molecule has 0 aliphatic carbocycles. The zero-order valence-electron chi connectivity index (χ0n) is 19.6. The van der Waals surface area contributed by atoms with E-state index in [1.807, 2.05) is 30.3 Å². The number of hydrogen-bond donors (Lipinski definition) is 2. The maximum atomic E-state index is 13.3. The van der Waals surface area contributed by atoms with Crippen LogP contribution in [0.25, 0.3) is 5.76 Å². The molecule has 2 N–H and O–H groups in total. The van der Waals surface area contributed by atoms with E-state index in [0.717, 1.165) is 5.56 Å². The van der Waals surface area contributed by atoms with Crippen LogP contribution < -0.4 is 14.2 Å². The number of ketones is 1. The number of fused-ring (bicyclic) bond motifs is 1. The molecule has 0 aromatic heterocycles. The highest BCUT2D eigenvalue weighted by molar-refractivity contribution is 6.46. The number of rotatable bonds is 6. The van der Waals surface area contributed by atoms with Crippen LogP contribution in [0.5, 0.6) is 23.0 Å². The van der Waals surface area contributed by atoms with Crippen LogP contribution >= 0.6 is 0 Å². The first kappa shape index (κ1) is 23.3. The van der Waals surface area contributed by atoms with Crippen LogP contribution in [0.2, 0.25) is 0 Å². The van der Waals surface area contributed by atoms with E-state index in [9.17, 15) is 19.8 Å². The third kappa shape index (κ3) is 4.22. The minimum atomic E-state index is -0.904. The van der Waals surface area contributed by atoms with Gasteiger partial charge in [-0.3, -0.25) is 9.59 Å². The molecule has 2 aliphatic heterocycles. The Morgan fingerprint density at radius 2 is 1.75 bits per heavy atom. The average molecular weight is 488 g/mol. The maximum Gasteiger partial charge on any atom is 0.295 e. The van der Waals surface area contributed by atoms with Crippen molar-refractivity contribution in [2.75, 3.05) is 19.8 Å². The number of carbonyl (C=O) groups is 2. The first-order valence-electron chi connectivity index (χ1n) is 11.7. The second-order valence-electron chi connectivity index (χ2n) is 8.43. The van der Waals surface area contributed by atoms with E-state index < -0.39 is 17.7 Å². The molecule has 36 heavy (non-hydrogen) atoms. The number of Topliss-reactive ketones (excluding diaryl/α,β-unsaturated/α-hetero) is 1. The van der Waals surface area contributed by atoms with E-state index >= 15 is 0 Å². The molecule has 0 radical (unpaired) electrons. The highest BCUT2D eigenvalue weighted by atomic mass is 16.6. The van der Waals surface area contributed by atoms with Crippen molar-refractivity contribution in [3.05, 3.63) is 89.0 Å². The van der Waals surface area contributed by atoms with E-state index in [1.165, 1.54) is 11.0 Å². The van der Waals surface area contributed by atoms with Crippen molar-refractivity contribution >= 4 is 17.4 Å². The summed E-state index contributed by atoms with van der Waals surface area (Å²) in [7, 11) is 0. The van der Waals surface area contributed by atoms with Crippen molar-refractivity contribution in [2.24, 2.45) is 0 Å². The smallest absolute Gasteiger partial charge is 0.295 e. The number of hydrogen-bond acceptors (Lipinski definition) is 7. The molecule has 3 aromatic carbocycles. The van der Waals surface area contributed by atoms with Crippen LogP contribution in [0.15, 0.2) is 72.3 Å². The third-order valence-electron chi connectivity index (χ3n) is 6.15. The summed E-state index contributed by atoms with van der Waals surface area (Å²) in [6.45, 7) is 3.05. The molecule has 0 bridgehead atoms. The van der Waals surface area contributed by atoms with Gasteiger partial charge < -0.3 is 29.3 Å². The van der Waals surface area contributed by atoms with Crippen LogP contribution in [0, 0.1) is 0 Å². The Hall–Kier alpha value is -4.46. The number of aliphatic hydroxyl groups is 1. The van der Waals surface area contributed by atoms with Crippen molar-refractivity contribution in [3.63, 3.8) is 0 Å². The van der Waals surface area contributed by atoms with Gasteiger partial charge in [-0.05, 0) is 48.4 Å². The molecule has 2 heterocycles. The Morgan fingerprint density at radius 1 is 1.00 bits per heavy atom. The number of phenolic OH excluding ortho intramolecular Hbond substituents is 1. The number of aliphatic hydroxyl groups excluding tert-OH is 1. The second kappa shape index (κ2) is 9.65. The molecular formula is C28H25NO7. The molecule has 0 spiro atoms. The standard InChI is InChI=1S/C28H25NO7/c1-2-34-22-14-18(8-10-20(22)30)25-24(26(31)19-9-11-21-23(15-19)36-13-12-35-21)27(32)28(33)29(25)16-17-6-4-3-5-7-17/h3-11,14-15,25,30-31H,2,12-13,16H2,1H3/b26-24-. The fraction of sp³-hybridized carbons (Fsp3) is 0.214. The van der Waals surface area contributed by atoms with Crippen molar-refractivity contribution in [1.29, 1.82) is 0 Å². The van der Waals surface area contributed by atoms with Gasteiger partial charge in [-0.15, -0.1) is 0 Å². The summed E-state index contributed by atoms with van der Waals surface area (Å²) in [6, 6.07) is 17.9. The van der Waals surface area contributed by atoms with E-state index in [2.05, 4.69) is 0 Å². The highest BCUT2D eigenvalue weighted by Crippen LogP contribution is 2.43. The molecule has 1 saturated heterocycles. The molecular weight excluding hydrogens is 462 g/mol. The Balaban J connectivity index is 1.65. The summed E-state index contributed by atoms with van der Waals surface area (Å²) in [5.41, 5.74) is 1.62. The lowest BCUT2D eigenvalue weighted by Gasteiger charge is -2.26. The quantitative estimate of drug-likeness (QED) is 0.305. The third-order valence-corrected chi connectivity index (χ3v) is 6.15. The Bertz CT molecular complexity index is 1350. The van der Waals surface area contributed by atoms with Gasteiger partial charge in [0.05, 0.1) is 18.2 Å². The van der Waals surface area contributed by atoms with Gasteiger partial charge in [0.15, 0.2) is 23.0 Å². The maximum absolute atomic E-state index is 13.3. The lowest BCUT2D eigenvalue weighted by molar-refractivity contribution is -0.140. The molecule has 1 unspecified atom stereocenters. The minimum Gasteiger partial charge on any atom is -0.507 e. The topological polar surface area (TPSA) is 106 Å². The Kier molecular flexibility index (Phi) is 6.25. The highest BCUT2D eigenvalue weighted by Gasteiger charge is 2.46. The van der Waals surface area contributed by atoms with Crippen LogP contribution in [-0.2, 0) is 16.1 Å². The van der Waals surface area contributed by atoms with Crippen molar-refractivity contribution in [3.8, 4) is 23.0 Å². The fourth-order valence-electron chi connectivity index (χ4n) is 4.49. The largest absolute Gasteiger partial charge is 0.507 e. The summed E-state index contributed by atoms with van der Waals surface area (Å²) >= 11 is 0. The van der Waals surface area contributed by atoms with Gasteiger partial charge in [-0.2, -0.15) is 0 Å². The first-order chi connectivity index (χ1) is 17.5. The normalized spacial score (nSPS) is 18.4. The molecule has 8 nitrogen and oxygen atoms in total. The summed E-state index contributed by atoms with van der Waals surface area (Å²) in [6.07, 6.45) is 0. The van der Waals surface area contributed by atoms with Crippen LogP contribution in [-0.4, -0.2) is 46.6 Å². The van der Waals surface area contributed by atoms with Gasteiger partial charge in [0.25, 0.3) is 11.7 Å². The summed E-state index contributed by atoms with van der Waals surface area (Å²) in [5.74, 6) is -0.699. The molecule has 1 atom stereocenters. The zero-order valence-corrected chi connectivity index (χ0v) is 19.6. The van der Waals surface area contributed by atoms with E-state index in [0.29, 0.717) is 42.4 Å². The molecule has 184 valence electrons. The van der Waals surface area contributed by atoms with Crippen molar-refractivity contribution in [1.82, 2.24) is 4.90 Å². The summed E-state index contributed by atoms with van der Waals surface area (Å²) < 4.78 is 16.7. The van der Waals surface area contributed by atoms with Gasteiger partial charge in [0.1, 0.15) is 19.0 Å². The second-order valence-corrected chi connectivity index (χ2v) is 8.43.